The van der Waals surface area contributed by atoms with Crippen molar-refractivity contribution in [1.29, 1.82) is 0 Å². The molecular formula is C30H35N3O6S. The van der Waals surface area contributed by atoms with Gasteiger partial charge in [0.1, 0.15) is 12.4 Å². The summed E-state index contributed by atoms with van der Waals surface area (Å²) in [7, 11) is -3.39. The fourth-order valence-corrected chi connectivity index (χ4v) is 5.08. The highest BCUT2D eigenvalue weighted by atomic mass is 32.2. The normalized spacial score (nSPS) is 12.3. The lowest BCUT2D eigenvalue weighted by Crippen LogP contribution is -2.26. The maximum atomic E-state index is 12.0. The average molecular weight is 566 g/mol. The number of aromatic amines is 1. The van der Waals surface area contributed by atoms with Crippen LogP contribution in [0.4, 0.5) is 5.69 Å². The molecule has 3 aromatic carbocycles. The molecule has 0 aliphatic carbocycles. The number of nitrogens with one attached hydrogen (secondary N) is 3. The van der Waals surface area contributed by atoms with E-state index in [4.69, 9.17) is 9.47 Å². The molecule has 0 unspecified atom stereocenters. The van der Waals surface area contributed by atoms with Crippen LogP contribution < -0.4 is 14.8 Å². The van der Waals surface area contributed by atoms with Crippen LogP contribution in [-0.2, 0) is 26.0 Å². The number of hydrogen-bond acceptors (Lipinski definition) is 7. The molecular weight excluding hydrogens is 530 g/mol. The van der Waals surface area contributed by atoms with Gasteiger partial charge < -0.3 is 24.9 Å². The van der Waals surface area contributed by atoms with Gasteiger partial charge in [-0.05, 0) is 48.7 Å². The Balaban J connectivity index is 1.36. The van der Waals surface area contributed by atoms with E-state index in [0.29, 0.717) is 49.6 Å². The summed E-state index contributed by atoms with van der Waals surface area (Å²) in [5, 5.41) is 14.7. The molecule has 1 heterocycles. The molecule has 10 heteroatoms. The quantitative estimate of drug-likeness (QED) is 0.132. The molecule has 4 N–H and O–H groups in total. The highest BCUT2D eigenvalue weighted by Crippen LogP contribution is 2.35. The molecule has 0 bridgehead atoms. The first-order valence-electron chi connectivity index (χ1n) is 13.2. The standard InChI is InChI=1S/C30H35N3O6S/c1-3-38-29(35)15-14-26-30(21-8-5-4-6-9-21)25-13-12-24(19-27(25)32-26)39-17-16-31-20-28(34)22-10-7-11-23(18-22)33-40(2,36)37/h4-13,18-19,28,31-34H,3,14-17,20H2,1-2H3/t28-/m0/s1. The first-order chi connectivity index (χ1) is 19.2. The van der Waals surface area contributed by atoms with Crippen LogP contribution in [0, 0.1) is 0 Å². The molecule has 0 amide bonds. The van der Waals surface area contributed by atoms with Crippen LogP contribution in [0.5, 0.6) is 5.75 Å². The molecule has 4 rings (SSSR count). The molecule has 0 radical (unpaired) electrons. The lowest BCUT2D eigenvalue weighted by atomic mass is 10.00. The van der Waals surface area contributed by atoms with Gasteiger partial charge in [-0.1, -0.05) is 42.5 Å². The van der Waals surface area contributed by atoms with E-state index in [1.165, 1.54) is 0 Å². The maximum Gasteiger partial charge on any atom is 0.306 e. The molecule has 9 nitrogen and oxygen atoms in total. The lowest BCUT2D eigenvalue weighted by molar-refractivity contribution is -0.143. The smallest absolute Gasteiger partial charge is 0.306 e. The van der Waals surface area contributed by atoms with Crippen LogP contribution in [0.3, 0.4) is 0 Å². The zero-order valence-electron chi connectivity index (χ0n) is 22.6. The first kappa shape index (κ1) is 29.1. The minimum absolute atomic E-state index is 0.222. The predicted molar refractivity (Wildman–Crippen MR) is 157 cm³/mol. The van der Waals surface area contributed by atoms with Gasteiger partial charge in [-0.25, -0.2) is 8.42 Å². The second kappa shape index (κ2) is 13.5. The summed E-state index contributed by atoms with van der Waals surface area (Å²) in [4.78, 5) is 15.5. The molecule has 0 saturated carbocycles. The van der Waals surface area contributed by atoms with Crippen LogP contribution in [0.15, 0.2) is 72.8 Å². The molecule has 4 aromatic rings. The van der Waals surface area contributed by atoms with Crippen molar-refractivity contribution in [1.82, 2.24) is 10.3 Å². The highest BCUT2D eigenvalue weighted by Gasteiger charge is 2.16. The van der Waals surface area contributed by atoms with Crippen LogP contribution in [0.2, 0.25) is 0 Å². The zero-order valence-corrected chi connectivity index (χ0v) is 23.5. The summed E-state index contributed by atoms with van der Waals surface area (Å²) in [6.07, 6.45) is 1.10. The number of sulfonamides is 1. The average Bonchev–Trinajstić information content (AvgIpc) is 3.29. The van der Waals surface area contributed by atoms with E-state index in [1.54, 1.807) is 31.2 Å². The van der Waals surface area contributed by atoms with Crippen molar-refractivity contribution in [2.75, 3.05) is 37.3 Å². The van der Waals surface area contributed by atoms with E-state index >= 15 is 0 Å². The van der Waals surface area contributed by atoms with Crippen molar-refractivity contribution in [2.45, 2.75) is 25.9 Å². The van der Waals surface area contributed by atoms with Gasteiger partial charge in [-0.3, -0.25) is 9.52 Å². The summed E-state index contributed by atoms with van der Waals surface area (Å²) < 4.78 is 36.4. The molecule has 0 spiro atoms. The predicted octanol–water partition coefficient (Wildman–Crippen LogP) is 4.40. The number of aryl methyl sites for hydroxylation is 1. The van der Waals surface area contributed by atoms with E-state index in [-0.39, 0.29) is 12.5 Å². The van der Waals surface area contributed by atoms with Crippen molar-refractivity contribution < 1.29 is 27.8 Å². The number of ether oxygens (including phenoxy) is 2. The summed E-state index contributed by atoms with van der Waals surface area (Å²) in [6, 6.07) is 22.6. The third-order valence-corrected chi connectivity index (χ3v) is 6.86. The maximum absolute atomic E-state index is 12.0. The number of carbonyl (C=O) groups excluding carboxylic acids is 1. The minimum Gasteiger partial charge on any atom is -0.492 e. The molecule has 0 aliphatic rings. The SMILES string of the molecule is CCOC(=O)CCc1[nH]c2cc(OCCNC[C@H](O)c3cccc(NS(C)(=O)=O)c3)ccc2c1-c1ccccc1. The molecule has 212 valence electrons. The van der Waals surface area contributed by atoms with E-state index in [9.17, 15) is 18.3 Å². The number of fused-ring (bicyclic) bond motifs is 1. The van der Waals surface area contributed by atoms with E-state index in [0.717, 1.165) is 34.0 Å². The second-order valence-electron chi connectivity index (χ2n) is 9.43. The monoisotopic (exact) mass is 565 g/mol. The van der Waals surface area contributed by atoms with Gasteiger partial charge in [0.05, 0.1) is 25.4 Å². The summed E-state index contributed by atoms with van der Waals surface area (Å²) >= 11 is 0. The Labute approximate surface area is 234 Å². The molecule has 1 atom stereocenters. The van der Waals surface area contributed by atoms with Gasteiger partial charge in [0.2, 0.25) is 10.0 Å². The Hall–Kier alpha value is -3.86. The van der Waals surface area contributed by atoms with Gasteiger partial charge in [-0.15, -0.1) is 0 Å². The lowest BCUT2D eigenvalue weighted by Gasteiger charge is -2.14. The Morgan fingerprint density at radius 3 is 2.60 bits per heavy atom. The first-order valence-corrected chi connectivity index (χ1v) is 15.1. The number of benzene rings is 3. The number of hydrogen-bond donors (Lipinski definition) is 4. The Kier molecular flexibility index (Phi) is 9.81. The van der Waals surface area contributed by atoms with E-state index in [2.05, 4.69) is 27.2 Å². The van der Waals surface area contributed by atoms with Crippen molar-refractivity contribution in [3.05, 3.63) is 84.1 Å². The molecule has 0 aliphatic heterocycles. The topological polar surface area (TPSA) is 130 Å². The second-order valence-corrected chi connectivity index (χ2v) is 11.2. The third kappa shape index (κ3) is 8.08. The number of carbonyl (C=O) groups is 1. The van der Waals surface area contributed by atoms with Gasteiger partial charge >= 0.3 is 5.97 Å². The van der Waals surface area contributed by atoms with Crippen molar-refractivity contribution in [3.8, 4) is 16.9 Å². The number of aromatic nitrogens is 1. The molecule has 0 fully saturated rings. The number of aliphatic hydroxyl groups excluding tert-OH is 1. The van der Waals surface area contributed by atoms with Crippen molar-refractivity contribution in [2.24, 2.45) is 0 Å². The van der Waals surface area contributed by atoms with Crippen LogP contribution in [0.25, 0.3) is 22.0 Å². The number of rotatable bonds is 14. The van der Waals surface area contributed by atoms with Crippen molar-refractivity contribution >= 4 is 32.6 Å². The van der Waals surface area contributed by atoms with Crippen LogP contribution in [0.1, 0.15) is 30.7 Å². The number of aliphatic hydroxyl groups is 1. The fraction of sp³-hybridized carbons (Fsp3) is 0.300. The van der Waals surface area contributed by atoms with Gasteiger partial charge in [0.25, 0.3) is 0 Å². The summed E-state index contributed by atoms with van der Waals surface area (Å²) in [5.41, 5.74) is 5.03. The summed E-state index contributed by atoms with van der Waals surface area (Å²) in [6.45, 7) is 3.33. The largest absolute Gasteiger partial charge is 0.492 e. The molecule has 0 saturated heterocycles. The van der Waals surface area contributed by atoms with E-state index < -0.39 is 16.1 Å². The fourth-order valence-electron chi connectivity index (χ4n) is 4.53. The van der Waals surface area contributed by atoms with E-state index in [1.807, 2.05) is 36.4 Å². The molecule has 40 heavy (non-hydrogen) atoms. The summed E-state index contributed by atoms with van der Waals surface area (Å²) in [5.74, 6) is 0.479. The zero-order chi connectivity index (χ0) is 28.5. The molecule has 1 aromatic heterocycles. The van der Waals surface area contributed by atoms with Gasteiger partial charge in [-0.2, -0.15) is 0 Å². The Morgan fingerprint density at radius 2 is 1.85 bits per heavy atom. The number of anilines is 1. The highest BCUT2D eigenvalue weighted by molar-refractivity contribution is 7.92. The van der Waals surface area contributed by atoms with Crippen LogP contribution >= 0.6 is 0 Å². The van der Waals surface area contributed by atoms with Gasteiger partial charge in [0.15, 0.2) is 0 Å². The van der Waals surface area contributed by atoms with Gasteiger partial charge in [0, 0.05) is 47.0 Å². The Bertz CT molecular complexity index is 1540. The third-order valence-electron chi connectivity index (χ3n) is 6.25. The van der Waals surface area contributed by atoms with Crippen molar-refractivity contribution in [3.63, 3.8) is 0 Å². The Morgan fingerprint density at radius 1 is 1.05 bits per heavy atom. The number of esters is 1. The number of H-pyrrole nitrogens is 1. The van der Waals surface area contributed by atoms with Crippen LogP contribution in [-0.4, -0.2) is 57.0 Å². The minimum atomic E-state index is -3.39.